The summed E-state index contributed by atoms with van der Waals surface area (Å²) in [6.07, 6.45) is 16.9. The Kier molecular flexibility index (Phi) is 10.1. The van der Waals surface area contributed by atoms with Crippen LogP contribution in [0.1, 0.15) is 83.6 Å². The van der Waals surface area contributed by atoms with Crippen LogP contribution in [-0.2, 0) is 0 Å². The zero-order valence-corrected chi connectivity index (χ0v) is 17.1. The van der Waals surface area contributed by atoms with Gasteiger partial charge in [-0.05, 0) is 62.1 Å². The van der Waals surface area contributed by atoms with E-state index in [0.717, 1.165) is 18.8 Å². The van der Waals surface area contributed by atoms with E-state index >= 15 is 0 Å². The lowest BCUT2D eigenvalue weighted by atomic mass is 9.79. The normalized spacial score (nSPS) is 19.7. The molecule has 2 rings (SSSR count). The van der Waals surface area contributed by atoms with Crippen molar-refractivity contribution in [3.05, 3.63) is 41.7 Å². The van der Waals surface area contributed by atoms with Crippen LogP contribution < -0.4 is 4.74 Å². The van der Waals surface area contributed by atoms with Gasteiger partial charge in [-0.3, -0.25) is 0 Å². The number of halogens is 1. The van der Waals surface area contributed by atoms with Gasteiger partial charge < -0.3 is 4.74 Å². The predicted molar refractivity (Wildman–Crippen MR) is 112 cm³/mol. The highest BCUT2D eigenvalue weighted by atomic mass is 19.1. The molecule has 2 heteroatoms. The van der Waals surface area contributed by atoms with E-state index in [1.165, 1.54) is 57.4 Å². The second-order valence-corrected chi connectivity index (χ2v) is 7.75. The first-order chi connectivity index (χ1) is 13.2. The predicted octanol–water partition coefficient (Wildman–Crippen LogP) is 7.30. The number of allylic oxidation sites excluding steroid dienone is 2. The molecule has 1 fully saturated rings. The van der Waals surface area contributed by atoms with Crippen molar-refractivity contribution in [3.8, 4) is 17.6 Å². The molecule has 0 bridgehead atoms. The summed E-state index contributed by atoms with van der Waals surface area (Å²) in [5.41, 5.74) is 0.433. The van der Waals surface area contributed by atoms with Crippen molar-refractivity contribution in [1.29, 1.82) is 0 Å². The Morgan fingerprint density at radius 2 is 1.85 bits per heavy atom. The van der Waals surface area contributed by atoms with E-state index in [1.807, 2.05) is 6.08 Å². The van der Waals surface area contributed by atoms with Gasteiger partial charge in [-0.1, -0.05) is 63.9 Å². The molecule has 0 heterocycles. The maximum absolute atomic E-state index is 14.1. The second kappa shape index (κ2) is 12.6. The Labute approximate surface area is 165 Å². The van der Waals surface area contributed by atoms with Gasteiger partial charge in [0.2, 0.25) is 0 Å². The van der Waals surface area contributed by atoms with Gasteiger partial charge in [0, 0.05) is 6.07 Å². The van der Waals surface area contributed by atoms with Crippen LogP contribution >= 0.6 is 0 Å². The van der Waals surface area contributed by atoms with Crippen molar-refractivity contribution in [1.82, 2.24) is 0 Å². The first kappa shape index (κ1) is 21.5. The van der Waals surface area contributed by atoms with Crippen LogP contribution in [0.15, 0.2) is 30.4 Å². The zero-order valence-electron chi connectivity index (χ0n) is 17.1. The largest absolute Gasteiger partial charge is 0.493 e. The van der Waals surface area contributed by atoms with E-state index < -0.39 is 0 Å². The number of unbranched alkanes of at least 4 members (excludes halogenated alkanes) is 3. The highest BCUT2D eigenvalue weighted by Crippen LogP contribution is 2.32. The number of rotatable bonds is 9. The molecule has 1 nitrogen and oxygen atoms in total. The molecule has 1 aliphatic carbocycles. The SMILES string of the molecule is CCCCCC1CCC(C=CC#Cc2ccc(OCCCC)cc2F)CC1. The Hall–Kier alpha value is -1.75. The van der Waals surface area contributed by atoms with E-state index in [9.17, 15) is 4.39 Å². The standard InChI is InChI=1S/C25H35FO/c1-3-5-7-10-21-13-15-22(16-14-21)11-8-9-12-23-17-18-24(20-25(23)26)27-19-6-4-2/h8,11,17-18,20-22H,3-7,10,13-16,19H2,1-2H3. The Balaban J connectivity index is 1.76. The van der Waals surface area contributed by atoms with Gasteiger partial charge in [0.15, 0.2) is 0 Å². The fourth-order valence-electron chi connectivity index (χ4n) is 3.68. The molecular formula is C25H35FO. The summed E-state index contributed by atoms with van der Waals surface area (Å²) in [4.78, 5) is 0. The summed E-state index contributed by atoms with van der Waals surface area (Å²) in [6.45, 7) is 5.00. The molecule has 0 aromatic heterocycles. The highest BCUT2D eigenvalue weighted by Gasteiger charge is 2.18. The van der Waals surface area contributed by atoms with E-state index in [1.54, 1.807) is 12.1 Å². The van der Waals surface area contributed by atoms with Gasteiger partial charge in [-0.25, -0.2) is 4.39 Å². The Morgan fingerprint density at radius 1 is 1.07 bits per heavy atom. The first-order valence-corrected chi connectivity index (χ1v) is 10.8. The lowest BCUT2D eigenvalue weighted by molar-refractivity contribution is 0.289. The van der Waals surface area contributed by atoms with Crippen LogP contribution in [0.25, 0.3) is 0 Å². The van der Waals surface area contributed by atoms with E-state index in [0.29, 0.717) is 23.8 Å². The number of benzene rings is 1. The van der Waals surface area contributed by atoms with Crippen LogP contribution in [0.3, 0.4) is 0 Å². The molecule has 0 unspecified atom stereocenters. The minimum atomic E-state index is -0.308. The van der Waals surface area contributed by atoms with Crippen molar-refractivity contribution < 1.29 is 9.13 Å². The summed E-state index contributed by atoms with van der Waals surface area (Å²) in [5, 5.41) is 0. The van der Waals surface area contributed by atoms with Crippen molar-refractivity contribution in [2.75, 3.05) is 6.61 Å². The molecular weight excluding hydrogens is 335 g/mol. The van der Waals surface area contributed by atoms with Crippen molar-refractivity contribution >= 4 is 0 Å². The van der Waals surface area contributed by atoms with Crippen molar-refractivity contribution in [3.63, 3.8) is 0 Å². The monoisotopic (exact) mass is 370 g/mol. The summed E-state index contributed by atoms with van der Waals surface area (Å²) in [6, 6.07) is 4.94. The van der Waals surface area contributed by atoms with Crippen LogP contribution in [0.4, 0.5) is 4.39 Å². The summed E-state index contributed by atoms with van der Waals surface area (Å²) >= 11 is 0. The molecule has 0 saturated heterocycles. The van der Waals surface area contributed by atoms with Crippen molar-refractivity contribution in [2.24, 2.45) is 11.8 Å². The average molecular weight is 371 g/mol. The molecule has 1 saturated carbocycles. The third-order valence-corrected chi connectivity index (χ3v) is 5.47. The second-order valence-electron chi connectivity index (χ2n) is 7.75. The van der Waals surface area contributed by atoms with E-state index in [2.05, 4.69) is 31.8 Å². The number of hydrogen-bond acceptors (Lipinski definition) is 1. The van der Waals surface area contributed by atoms with E-state index in [-0.39, 0.29) is 5.82 Å². The highest BCUT2D eigenvalue weighted by molar-refractivity contribution is 5.41. The maximum atomic E-state index is 14.1. The van der Waals surface area contributed by atoms with Gasteiger partial charge in [-0.2, -0.15) is 0 Å². The molecule has 0 N–H and O–H groups in total. The van der Waals surface area contributed by atoms with Crippen LogP contribution in [0.5, 0.6) is 5.75 Å². The summed E-state index contributed by atoms with van der Waals surface area (Å²) in [5.74, 6) is 7.77. The third kappa shape index (κ3) is 8.21. The smallest absolute Gasteiger partial charge is 0.142 e. The molecule has 1 aliphatic rings. The lowest BCUT2D eigenvalue weighted by Gasteiger charge is -2.26. The van der Waals surface area contributed by atoms with Crippen LogP contribution in [-0.4, -0.2) is 6.61 Å². The molecule has 0 spiro atoms. The summed E-state index contributed by atoms with van der Waals surface area (Å²) < 4.78 is 19.6. The first-order valence-electron chi connectivity index (χ1n) is 10.8. The summed E-state index contributed by atoms with van der Waals surface area (Å²) in [7, 11) is 0. The molecule has 1 aromatic rings. The van der Waals surface area contributed by atoms with Crippen molar-refractivity contribution in [2.45, 2.75) is 78.1 Å². The molecule has 0 amide bonds. The molecule has 148 valence electrons. The molecule has 0 aliphatic heterocycles. The Morgan fingerprint density at radius 3 is 2.56 bits per heavy atom. The zero-order chi connectivity index (χ0) is 19.3. The van der Waals surface area contributed by atoms with Gasteiger partial charge in [-0.15, -0.1) is 0 Å². The topological polar surface area (TPSA) is 9.23 Å². The van der Waals surface area contributed by atoms with Crippen LogP contribution in [0, 0.1) is 29.5 Å². The third-order valence-electron chi connectivity index (χ3n) is 5.47. The van der Waals surface area contributed by atoms with Crippen LogP contribution in [0.2, 0.25) is 0 Å². The molecule has 0 radical (unpaired) electrons. The fraction of sp³-hybridized carbons (Fsp3) is 0.600. The number of ether oxygens (including phenoxy) is 1. The maximum Gasteiger partial charge on any atom is 0.142 e. The molecule has 27 heavy (non-hydrogen) atoms. The van der Waals surface area contributed by atoms with E-state index in [4.69, 9.17) is 4.74 Å². The van der Waals surface area contributed by atoms with Gasteiger partial charge >= 0.3 is 0 Å². The van der Waals surface area contributed by atoms with Gasteiger partial charge in [0.05, 0.1) is 12.2 Å². The molecule has 0 atom stereocenters. The van der Waals surface area contributed by atoms with Gasteiger partial charge in [0.25, 0.3) is 0 Å². The minimum Gasteiger partial charge on any atom is -0.493 e. The fourth-order valence-corrected chi connectivity index (χ4v) is 3.68. The minimum absolute atomic E-state index is 0.308. The number of hydrogen-bond donors (Lipinski definition) is 0. The van der Waals surface area contributed by atoms with Gasteiger partial charge in [0.1, 0.15) is 11.6 Å². The lowest BCUT2D eigenvalue weighted by Crippen LogP contribution is -2.12. The average Bonchev–Trinajstić information content (AvgIpc) is 2.68. The quantitative estimate of drug-likeness (QED) is 0.327. The molecule has 1 aromatic carbocycles. The Bertz CT molecular complexity index is 629.